The zero-order valence-electron chi connectivity index (χ0n) is 15.0. The van der Waals surface area contributed by atoms with Gasteiger partial charge in [0.05, 0.1) is 0 Å². The van der Waals surface area contributed by atoms with Gasteiger partial charge in [-0.1, -0.05) is 12.1 Å². The number of ether oxygens (including phenoxy) is 2. The quantitative estimate of drug-likeness (QED) is 0.767. The van der Waals surface area contributed by atoms with Crippen LogP contribution in [0.5, 0.6) is 11.5 Å². The van der Waals surface area contributed by atoms with E-state index in [4.69, 9.17) is 9.47 Å². The molecule has 142 valence electrons. The SMILES string of the molecule is O=C(CC[C@@]1(Cc2cccs2)CCC(=O)N1)NCc1ccc2c(c1)OCO2. The normalized spacial score (nSPS) is 20.5. The van der Waals surface area contributed by atoms with Crippen LogP contribution in [0.4, 0.5) is 0 Å². The van der Waals surface area contributed by atoms with Crippen LogP contribution in [0, 0.1) is 0 Å². The highest BCUT2D eigenvalue weighted by molar-refractivity contribution is 7.09. The van der Waals surface area contributed by atoms with Gasteiger partial charge in [0.1, 0.15) is 0 Å². The third-order valence-corrected chi connectivity index (χ3v) is 5.96. The molecule has 2 aromatic rings. The van der Waals surface area contributed by atoms with Crippen molar-refractivity contribution in [3.63, 3.8) is 0 Å². The molecule has 0 radical (unpaired) electrons. The molecule has 6 nitrogen and oxygen atoms in total. The van der Waals surface area contributed by atoms with Gasteiger partial charge in [-0.15, -0.1) is 11.3 Å². The Bertz CT molecular complexity index is 837. The summed E-state index contributed by atoms with van der Waals surface area (Å²) in [6, 6.07) is 9.76. The average Bonchev–Trinajstić information content (AvgIpc) is 3.40. The third-order valence-electron chi connectivity index (χ3n) is 5.09. The molecule has 0 bridgehead atoms. The number of nitrogens with one attached hydrogen (secondary N) is 2. The number of fused-ring (bicyclic) bond motifs is 1. The summed E-state index contributed by atoms with van der Waals surface area (Å²) in [4.78, 5) is 25.4. The van der Waals surface area contributed by atoms with Crippen LogP contribution in [0.25, 0.3) is 0 Å². The lowest BCUT2D eigenvalue weighted by molar-refractivity contribution is -0.122. The first-order valence-electron chi connectivity index (χ1n) is 9.11. The van der Waals surface area contributed by atoms with E-state index in [1.165, 1.54) is 4.88 Å². The third kappa shape index (κ3) is 4.24. The second kappa shape index (κ2) is 7.60. The summed E-state index contributed by atoms with van der Waals surface area (Å²) in [5.74, 6) is 1.51. The fourth-order valence-corrected chi connectivity index (χ4v) is 4.47. The molecule has 1 aromatic carbocycles. The smallest absolute Gasteiger partial charge is 0.231 e. The highest BCUT2D eigenvalue weighted by Gasteiger charge is 2.38. The molecule has 1 atom stereocenters. The van der Waals surface area contributed by atoms with E-state index in [2.05, 4.69) is 16.7 Å². The van der Waals surface area contributed by atoms with Gasteiger partial charge in [-0.25, -0.2) is 0 Å². The summed E-state index contributed by atoms with van der Waals surface area (Å²) < 4.78 is 10.7. The molecule has 0 spiro atoms. The van der Waals surface area contributed by atoms with Crippen molar-refractivity contribution in [2.75, 3.05) is 6.79 Å². The van der Waals surface area contributed by atoms with Gasteiger partial charge in [-0.2, -0.15) is 0 Å². The van der Waals surface area contributed by atoms with E-state index in [9.17, 15) is 9.59 Å². The molecule has 7 heteroatoms. The van der Waals surface area contributed by atoms with Crippen LogP contribution in [0.3, 0.4) is 0 Å². The minimum Gasteiger partial charge on any atom is -0.454 e. The predicted molar refractivity (Wildman–Crippen MR) is 102 cm³/mol. The number of hydrogen-bond donors (Lipinski definition) is 2. The number of benzene rings is 1. The molecular formula is C20H22N2O4S. The van der Waals surface area contributed by atoms with E-state index in [1.54, 1.807) is 11.3 Å². The van der Waals surface area contributed by atoms with Crippen molar-refractivity contribution in [2.24, 2.45) is 0 Å². The number of thiophene rings is 1. The highest BCUT2D eigenvalue weighted by atomic mass is 32.1. The second-order valence-corrected chi connectivity index (χ2v) is 8.08. The van der Waals surface area contributed by atoms with Crippen LogP contribution in [-0.2, 0) is 22.6 Å². The zero-order chi connectivity index (χ0) is 18.7. The summed E-state index contributed by atoms with van der Waals surface area (Å²) in [5.41, 5.74) is 0.660. The Morgan fingerprint density at radius 3 is 2.93 bits per heavy atom. The number of carbonyl (C=O) groups excluding carboxylic acids is 2. The van der Waals surface area contributed by atoms with Gasteiger partial charge in [0.2, 0.25) is 18.6 Å². The molecule has 2 N–H and O–H groups in total. The van der Waals surface area contributed by atoms with E-state index in [0.29, 0.717) is 31.6 Å². The van der Waals surface area contributed by atoms with Gasteiger partial charge in [-0.3, -0.25) is 9.59 Å². The van der Waals surface area contributed by atoms with Crippen molar-refractivity contribution in [1.82, 2.24) is 10.6 Å². The van der Waals surface area contributed by atoms with E-state index in [0.717, 1.165) is 24.2 Å². The Morgan fingerprint density at radius 2 is 2.15 bits per heavy atom. The summed E-state index contributed by atoms with van der Waals surface area (Å²) in [7, 11) is 0. The maximum Gasteiger partial charge on any atom is 0.231 e. The number of hydrogen-bond acceptors (Lipinski definition) is 5. The monoisotopic (exact) mass is 386 g/mol. The van der Waals surface area contributed by atoms with E-state index in [1.807, 2.05) is 29.6 Å². The molecule has 2 aliphatic heterocycles. The second-order valence-electron chi connectivity index (χ2n) is 7.05. The van der Waals surface area contributed by atoms with Crippen LogP contribution in [0.2, 0.25) is 0 Å². The van der Waals surface area contributed by atoms with Gasteiger partial charge in [-0.05, 0) is 42.0 Å². The van der Waals surface area contributed by atoms with Gasteiger partial charge >= 0.3 is 0 Å². The van der Waals surface area contributed by atoms with Crippen LogP contribution in [0.15, 0.2) is 35.7 Å². The lowest BCUT2D eigenvalue weighted by Crippen LogP contribution is -2.44. The van der Waals surface area contributed by atoms with Crippen molar-refractivity contribution >= 4 is 23.2 Å². The molecule has 27 heavy (non-hydrogen) atoms. The highest BCUT2D eigenvalue weighted by Crippen LogP contribution is 2.33. The van der Waals surface area contributed by atoms with Crippen LogP contribution in [0.1, 0.15) is 36.1 Å². The summed E-state index contributed by atoms with van der Waals surface area (Å²) in [6.07, 6.45) is 3.12. The van der Waals surface area contributed by atoms with Gasteiger partial charge in [0.25, 0.3) is 0 Å². The zero-order valence-corrected chi connectivity index (χ0v) is 15.8. The lowest BCUT2D eigenvalue weighted by Gasteiger charge is -2.28. The van der Waals surface area contributed by atoms with Gasteiger partial charge < -0.3 is 20.1 Å². The maximum absolute atomic E-state index is 12.4. The average molecular weight is 386 g/mol. The maximum atomic E-state index is 12.4. The van der Waals surface area contributed by atoms with Crippen LogP contribution < -0.4 is 20.1 Å². The standard InChI is InChI=1S/C20H22N2O4S/c23-18(21-12-14-3-4-16-17(10-14)26-13-25-16)5-7-20(8-6-19(24)22-20)11-15-2-1-9-27-15/h1-4,9-10H,5-8,11-13H2,(H,21,23)(H,22,24)/t20-/m0/s1. The Kier molecular flexibility index (Phi) is 5.03. The summed E-state index contributed by atoms with van der Waals surface area (Å²) in [6.45, 7) is 0.683. The first-order valence-corrected chi connectivity index (χ1v) is 9.99. The Labute approximate surface area is 161 Å². The first-order chi connectivity index (χ1) is 13.1. The minimum atomic E-state index is -0.308. The molecule has 3 heterocycles. The Balaban J connectivity index is 1.31. The Morgan fingerprint density at radius 1 is 1.26 bits per heavy atom. The van der Waals surface area contributed by atoms with Crippen molar-refractivity contribution in [3.05, 3.63) is 46.2 Å². The number of carbonyl (C=O) groups is 2. The molecular weight excluding hydrogens is 364 g/mol. The van der Waals surface area contributed by atoms with Crippen molar-refractivity contribution in [1.29, 1.82) is 0 Å². The van der Waals surface area contributed by atoms with Gasteiger partial charge in [0.15, 0.2) is 11.5 Å². The largest absolute Gasteiger partial charge is 0.454 e. The van der Waals surface area contributed by atoms with Gasteiger partial charge in [0, 0.05) is 36.2 Å². The molecule has 0 aliphatic carbocycles. The molecule has 1 saturated heterocycles. The van der Waals surface area contributed by atoms with E-state index >= 15 is 0 Å². The molecule has 1 fully saturated rings. The summed E-state index contributed by atoms with van der Waals surface area (Å²) >= 11 is 1.69. The fraction of sp³-hybridized carbons (Fsp3) is 0.400. The van der Waals surface area contributed by atoms with E-state index in [-0.39, 0.29) is 24.1 Å². The molecule has 4 rings (SSSR count). The predicted octanol–water partition coefficient (Wildman–Crippen LogP) is 2.76. The fourth-order valence-electron chi connectivity index (χ4n) is 3.62. The minimum absolute atomic E-state index is 0.0145. The van der Waals surface area contributed by atoms with Crippen molar-refractivity contribution < 1.29 is 19.1 Å². The molecule has 2 aliphatic rings. The Hall–Kier alpha value is -2.54. The number of rotatable bonds is 7. The summed E-state index contributed by atoms with van der Waals surface area (Å²) in [5, 5.41) is 8.12. The molecule has 0 unspecified atom stereocenters. The van der Waals surface area contributed by atoms with E-state index < -0.39 is 0 Å². The molecule has 0 saturated carbocycles. The topological polar surface area (TPSA) is 76.7 Å². The number of amides is 2. The van der Waals surface area contributed by atoms with Crippen molar-refractivity contribution in [2.45, 2.75) is 44.2 Å². The first kappa shape index (κ1) is 17.9. The van der Waals surface area contributed by atoms with Crippen molar-refractivity contribution in [3.8, 4) is 11.5 Å². The molecule has 1 aromatic heterocycles. The lowest BCUT2D eigenvalue weighted by atomic mass is 9.87. The van der Waals surface area contributed by atoms with Crippen LogP contribution in [-0.4, -0.2) is 24.1 Å². The van der Waals surface area contributed by atoms with Crippen LogP contribution >= 0.6 is 11.3 Å². The molecule has 2 amide bonds.